The first-order valence-corrected chi connectivity index (χ1v) is 8.89. The number of ether oxygens (including phenoxy) is 1. The highest BCUT2D eigenvalue weighted by molar-refractivity contribution is 9.10. The van der Waals surface area contributed by atoms with Crippen LogP contribution in [0, 0.1) is 0 Å². The van der Waals surface area contributed by atoms with Crippen molar-refractivity contribution in [3.8, 4) is 5.75 Å². The van der Waals surface area contributed by atoms with Gasteiger partial charge in [-0.1, -0.05) is 19.9 Å². The average Bonchev–Trinajstić information content (AvgIpc) is 2.94. The van der Waals surface area contributed by atoms with Gasteiger partial charge in [-0.2, -0.15) is 0 Å². The Bertz CT molecular complexity index is 585. The SMILES string of the molecule is CCc1nc(COc2ccc(CC(N)CC)cc2Br)cs1. The summed E-state index contributed by atoms with van der Waals surface area (Å²) in [7, 11) is 0. The molecule has 0 spiro atoms. The monoisotopic (exact) mass is 368 g/mol. The fraction of sp³-hybridized carbons (Fsp3) is 0.438. The molecule has 2 rings (SSSR count). The maximum Gasteiger partial charge on any atom is 0.134 e. The summed E-state index contributed by atoms with van der Waals surface area (Å²) in [6, 6.07) is 6.37. The Morgan fingerprint density at radius 3 is 2.81 bits per heavy atom. The molecule has 1 aromatic carbocycles. The minimum atomic E-state index is 0.214. The summed E-state index contributed by atoms with van der Waals surface area (Å²) in [5.74, 6) is 0.842. The van der Waals surface area contributed by atoms with Gasteiger partial charge in [0.2, 0.25) is 0 Å². The van der Waals surface area contributed by atoms with Gasteiger partial charge in [-0.3, -0.25) is 0 Å². The molecule has 0 aliphatic carbocycles. The molecule has 0 bridgehead atoms. The molecular formula is C16H21BrN2OS. The zero-order valence-electron chi connectivity index (χ0n) is 12.4. The van der Waals surface area contributed by atoms with Crippen molar-refractivity contribution >= 4 is 27.3 Å². The Balaban J connectivity index is 1.97. The highest BCUT2D eigenvalue weighted by Crippen LogP contribution is 2.27. The summed E-state index contributed by atoms with van der Waals surface area (Å²) in [6.07, 6.45) is 2.85. The van der Waals surface area contributed by atoms with E-state index in [-0.39, 0.29) is 6.04 Å². The second-order valence-corrected chi connectivity index (χ2v) is 6.81. The van der Waals surface area contributed by atoms with Gasteiger partial charge < -0.3 is 10.5 Å². The number of halogens is 1. The lowest BCUT2D eigenvalue weighted by Crippen LogP contribution is -2.21. The van der Waals surface area contributed by atoms with Crippen molar-refractivity contribution in [2.24, 2.45) is 5.73 Å². The van der Waals surface area contributed by atoms with Crippen LogP contribution in [0.1, 0.15) is 36.5 Å². The van der Waals surface area contributed by atoms with E-state index in [1.165, 1.54) is 5.56 Å². The third-order valence-corrected chi connectivity index (χ3v) is 4.96. The fourth-order valence-corrected chi connectivity index (χ4v) is 3.23. The molecule has 0 amide bonds. The van der Waals surface area contributed by atoms with Crippen molar-refractivity contribution in [1.29, 1.82) is 0 Å². The van der Waals surface area contributed by atoms with Crippen molar-refractivity contribution in [3.05, 3.63) is 44.3 Å². The van der Waals surface area contributed by atoms with E-state index in [0.29, 0.717) is 6.61 Å². The van der Waals surface area contributed by atoms with Crippen LogP contribution in [0.15, 0.2) is 28.1 Å². The highest BCUT2D eigenvalue weighted by Gasteiger charge is 2.07. The van der Waals surface area contributed by atoms with Crippen molar-refractivity contribution in [2.45, 2.75) is 45.8 Å². The van der Waals surface area contributed by atoms with E-state index in [4.69, 9.17) is 10.5 Å². The summed E-state index contributed by atoms with van der Waals surface area (Å²) < 4.78 is 6.80. The van der Waals surface area contributed by atoms with Gasteiger partial charge in [0.25, 0.3) is 0 Å². The highest BCUT2D eigenvalue weighted by atomic mass is 79.9. The summed E-state index contributed by atoms with van der Waals surface area (Å²) in [6.45, 7) is 4.72. The summed E-state index contributed by atoms with van der Waals surface area (Å²) in [5.41, 5.74) is 8.20. The molecule has 0 fully saturated rings. The Labute approximate surface area is 138 Å². The number of nitrogens with two attached hydrogens (primary N) is 1. The number of rotatable bonds is 7. The van der Waals surface area contributed by atoms with Crippen LogP contribution in [0.25, 0.3) is 0 Å². The molecule has 0 aliphatic rings. The number of aryl methyl sites for hydroxylation is 1. The smallest absolute Gasteiger partial charge is 0.134 e. The zero-order chi connectivity index (χ0) is 15.2. The predicted molar refractivity (Wildman–Crippen MR) is 91.9 cm³/mol. The van der Waals surface area contributed by atoms with E-state index < -0.39 is 0 Å². The van der Waals surface area contributed by atoms with Gasteiger partial charge in [0, 0.05) is 11.4 Å². The Morgan fingerprint density at radius 1 is 1.38 bits per heavy atom. The number of thiazole rings is 1. The van der Waals surface area contributed by atoms with Crippen LogP contribution < -0.4 is 10.5 Å². The van der Waals surface area contributed by atoms with Crippen molar-refractivity contribution in [3.63, 3.8) is 0 Å². The molecule has 1 heterocycles. The first-order chi connectivity index (χ1) is 10.1. The van der Waals surface area contributed by atoms with E-state index in [1.807, 2.05) is 6.07 Å². The maximum atomic E-state index is 5.99. The maximum absolute atomic E-state index is 5.99. The molecule has 114 valence electrons. The topological polar surface area (TPSA) is 48.1 Å². The molecule has 1 atom stereocenters. The van der Waals surface area contributed by atoms with E-state index >= 15 is 0 Å². The molecule has 5 heteroatoms. The molecule has 0 saturated heterocycles. The van der Waals surface area contributed by atoms with Gasteiger partial charge in [0.15, 0.2) is 0 Å². The quantitative estimate of drug-likeness (QED) is 0.790. The molecule has 3 nitrogen and oxygen atoms in total. The van der Waals surface area contributed by atoms with E-state index in [9.17, 15) is 0 Å². The molecule has 1 aromatic heterocycles. The Morgan fingerprint density at radius 2 is 2.19 bits per heavy atom. The number of aromatic nitrogens is 1. The Kier molecular flexibility index (Phi) is 6.21. The molecule has 2 aromatic rings. The van der Waals surface area contributed by atoms with Gasteiger partial charge in [-0.25, -0.2) is 4.98 Å². The lowest BCUT2D eigenvalue weighted by atomic mass is 10.0. The largest absolute Gasteiger partial charge is 0.486 e. The minimum Gasteiger partial charge on any atom is -0.486 e. The van der Waals surface area contributed by atoms with Crippen molar-refractivity contribution in [2.75, 3.05) is 0 Å². The van der Waals surface area contributed by atoms with Crippen LogP contribution in [-0.4, -0.2) is 11.0 Å². The zero-order valence-corrected chi connectivity index (χ0v) is 14.8. The van der Waals surface area contributed by atoms with Crippen LogP contribution in [0.2, 0.25) is 0 Å². The third-order valence-electron chi connectivity index (χ3n) is 3.30. The fourth-order valence-electron chi connectivity index (χ4n) is 1.96. The van der Waals surface area contributed by atoms with E-state index in [0.717, 1.165) is 40.2 Å². The van der Waals surface area contributed by atoms with E-state index in [1.54, 1.807) is 11.3 Å². The molecular weight excluding hydrogens is 348 g/mol. The van der Waals surface area contributed by atoms with E-state index in [2.05, 4.69) is 52.3 Å². The minimum absolute atomic E-state index is 0.214. The predicted octanol–water partition coefficient (Wildman–Crippen LogP) is 4.33. The van der Waals surface area contributed by atoms with Gasteiger partial charge >= 0.3 is 0 Å². The number of benzene rings is 1. The number of hydrogen-bond acceptors (Lipinski definition) is 4. The van der Waals surface area contributed by atoms with Crippen LogP contribution in [0.4, 0.5) is 0 Å². The summed E-state index contributed by atoms with van der Waals surface area (Å²) in [4.78, 5) is 4.50. The molecule has 0 radical (unpaired) electrons. The van der Waals surface area contributed by atoms with Gasteiger partial charge in [-0.05, 0) is 52.9 Å². The van der Waals surface area contributed by atoms with Gasteiger partial charge in [0.05, 0.1) is 15.2 Å². The third kappa shape index (κ3) is 4.80. The molecule has 1 unspecified atom stereocenters. The lowest BCUT2D eigenvalue weighted by Gasteiger charge is -2.11. The van der Waals surface area contributed by atoms with Crippen molar-refractivity contribution in [1.82, 2.24) is 4.98 Å². The molecule has 0 aliphatic heterocycles. The van der Waals surface area contributed by atoms with Crippen LogP contribution >= 0.6 is 27.3 Å². The standard InChI is InChI=1S/C16H21BrN2OS/c1-3-12(18)7-11-5-6-15(14(17)8-11)20-9-13-10-21-16(4-2)19-13/h5-6,8,10,12H,3-4,7,9,18H2,1-2H3. The lowest BCUT2D eigenvalue weighted by molar-refractivity contribution is 0.300. The second kappa shape index (κ2) is 7.92. The number of hydrogen-bond donors (Lipinski definition) is 1. The number of nitrogens with zero attached hydrogens (tertiary/aromatic N) is 1. The summed E-state index contributed by atoms with van der Waals surface area (Å²) in [5, 5.41) is 3.21. The van der Waals surface area contributed by atoms with Crippen molar-refractivity contribution < 1.29 is 4.74 Å². The first-order valence-electron chi connectivity index (χ1n) is 7.22. The summed E-state index contributed by atoms with van der Waals surface area (Å²) >= 11 is 5.25. The van der Waals surface area contributed by atoms with Gasteiger partial charge in [-0.15, -0.1) is 11.3 Å². The molecule has 2 N–H and O–H groups in total. The van der Waals surface area contributed by atoms with Crippen LogP contribution in [0.3, 0.4) is 0 Å². The first kappa shape index (κ1) is 16.5. The van der Waals surface area contributed by atoms with Gasteiger partial charge in [0.1, 0.15) is 12.4 Å². The van der Waals surface area contributed by atoms with Crippen LogP contribution in [0.5, 0.6) is 5.75 Å². The molecule has 21 heavy (non-hydrogen) atoms. The molecule has 0 saturated carbocycles. The van der Waals surface area contributed by atoms with Crippen LogP contribution in [-0.2, 0) is 19.4 Å². The normalized spacial score (nSPS) is 12.4. The second-order valence-electron chi connectivity index (χ2n) is 5.01. The average molecular weight is 369 g/mol. The Hall–Kier alpha value is -0.910.